The molecule has 0 radical (unpaired) electrons. The number of Topliss-reactive ketones (excluding diaryl/α,β-unsaturated/α-hetero) is 1. The second-order valence-electron chi connectivity index (χ2n) is 3.74. The lowest BCUT2D eigenvalue weighted by Crippen LogP contribution is -2.15. The van der Waals surface area contributed by atoms with E-state index in [0.29, 0.717) is 13.7 Å². The molecule has 2 rings (SSSR count). The number of halogens is 2. The molecule has 1 aromatic carbocycles. The fraction of sp³-hybridized carbons (Fsp3) is 0.0833. The molecule has 0 aliphatic rings. The highest BCUT2D eigenvalue weighted by Crippen LogP contribution is 2.23. The summed E-state index contributed by atoms with van der Waals surface area (Å²) in [6.45, 7) is 0. The van der Waals surface area contributed by atoms with Gasteiger partial charge >= 0.3 is 0 Å². The van der Waals surface area contributed by atoms with Gasteiger partial charge < -0.3 is 0 Å². The first-order valence-electron chi connectivity index (χ1n) is 5.15. The van der Waals surface area contributed by atoms with Crippen molar-refractivity contribution in [3.8, 4) is 0 Å². The number of carbonyl (C=O) groups excluding carboxylic acids is 1. The van der Waals surface area contributed by atoms with E-state index in [1.165, 1.54) is 18.2 Å². The Balaban J connectivity index is 2.25. The highest BCUT2D eigenvalue weighted by atomic mass is 79.9. The minimum Gasteiger partial charge on any atom is -0.292 e. The zero-order valence-electron chi connectivity index (χ0n) is 9.47. The summed E-state index contributed by atoms with van der Waals surface area (Å²) in [6.07, 6.45) is 0. The number of rotatable bonds is 4. The van der Waals surface area contributed by atoms with Crippen molar-refractivity contribution in [2.75, 3.05) is 5.75 Å². The van der Waals surface area contributed by atoms with Gasteiger partial charge in [-0.25, -0.2) is 8.42 Å². The Kier molecular flexibility index (Phi) is 4.45. The number of thiophene rings is 1. The Morgan fingerprint density at radius 2 is 2.00 bits per heavy atom. The average molecular weight is 380 g/mol. The van der Waals surface area contributed by atoms with Crippen molar-refractivity contribution in [1.82, 2.24) is 0 Å². The molecule has 0 unspecified atom stereocenters. The van der Waals surface area contributed by atoms with Crippen molar-refractivity contribution in [2.24, 2.45) is 0 Å². The topological polar surface area (TPSA) is 51.2 Å². The standard InChI is InChI=1S/C12H8BrClO3S2/c13-8-2-1-3-9(6-8)19(16,17)7-10(15)11-4-5-12(14)18-11/h1-6H,7H2. The molecule has 0 fully saturated rings. The van der Waals surface area contributed by atoms with E-state index in [4.69, 9.17) is 11.6 Å². The van der Waals surface area contributed by atoms with Crippen molar-refractivity contribution in [3.63, 3.8) is 0 Å². The molecular weight excluding hydrogens is 372 g/mol. The highest BCUT2D eigenvalue weighted by Gasteiger charge is 2.21. The Labute approximate surface area is 128 Å². The van der Waals surface area contributed by atoms with E-state index in [9.17, 15) is 13.2 Å². The van der Waals surface area contributed by atoms with Gasteiger partial charge in [0.25, 0.3) is 0 Å². The minimum atomic E-state index is -3.64. The molecule has 0 N–H and O–H groups in total. The van der Waals surface area contributed by atoms with Crippen LogP contribution in [0.5, 0.6) is 0 Å². The summed E-state index contributed by atoms with van der Waals surface area (Å²) in [5, 5.41) is 0. The van der Waals surface area contributed by atoms with Crippen LogP contribution in [0.3, 0.4) is 0 Å². The largest absolute Gasteiger partial charge is 0.292 e. The molecule has 0 atom stereocenters. The van der Waals surface area contributed by atoms with Crippen molar-refractivity contribution in [2.45, 2.75) is 4.90 Å². The van der Waals surface area contributed by atoms with Gasteiger partial charge in [-0.05, 0) is 30.3 Å². The zero-order valence-corrected chi connectivity index (χ0v) is 13.4. The molecule has 1 aromatic heterocycles. The van der Waals surface area contributed by atoms with Crippen LogP contribution < -0.4 is 0 Å². The molecule has 0 spiro atoms. The van der Waals surface area contributed by atoms with Crippen LogP contribution in [0, 0.1) is 0 Å². The van der Waals surface area contributed by atoms with E-state index in [2.05, 4.69) is 15.9 Å². The predicted octanol–water partition coefficient (Wildman–Crippen LogP) is 3.82. The van der Waals surface area contributed by atoms with E-state index >= 15 is 0 Å². The van der Waals surface area contributed by atoms with Gasteiger partial charge in [0.15, 0.2) is 15.6 Å². The molecule has 100 valence electrons. The third-order valence-corrected chi connectivity index (χ3v) is 5.70. The second-order valence-corrected chi connectivity index (χ2v) is 8.36. The van der Waals surface area contributed by atoms with Crippen LogP contribution in [0.4, 0.5) is 0 Å². The van der Waals surface area contributed by atoms with E-state index in [1.807, 2.05) is 0 Å². The van der Waals surface area contributed by atoms with Gasteiger partial charge in [-0.3, -0.25) is 4.79 Å². The Morgan fingerprint density at radius 1 is 1.26 bits per heavy atom. The summed E-state index contributed by atoms with van der Waals surface area (Å²) < 4.78 is 25.3. The summed E-state index contributed by atoms with van der Waals surface area (Å²) >= 11 is 10.0. The second kappa shape index (κ2) is 5.75. The van der Waals surface area contributed by atoms with E-state index in [-0.39, 0.29) is 4.90 Å². The molecule has 19 heavy (non-hydrogen) atoms. The van der Waals surface area contributed by atoms with Gasteiger partial charge in [0.1, 0.15) is 5.75 Å². The van der Waals surface area contributed by atoms with Gasteiger partial charge in [-0.15, -0.1) is 11.3 Å². The molecule has 0 saturated carbocycles. The molecule has 2 aromatic rings. The predicted molar refractivity (Wildman–Crippen MR) is 79.9 cm³/mol. The quantitative estimate of drug-likeness (QED) is 0.759. The van der Waals surface area contributed by atoms with Crippen LogP contribution in [-0.2, 0) is 9.84 Å². The normalized spacial score (nSPS) is 11.5. The molecule has 0 bridgehead atoms. The average Bonchev–Trinajstić information content (AvgIpc) is 2.75. The SMILES string of the molecule is O=C(CS(=O)(=O)c1cccc(Br)c1)c1ccc(Cl)s1. The van der Waals surface area contributed by atoms with Gasteiger partial charge in [0, 0.05) is 4.47 Å². The number of sulfone groups is 1. The lowest BCUT2D eigenvalue weighted by Gasteiger charge is -2.03. The number of benzene rings is 1. The third-order valence-electron chi connectivity index (χ3n) is 2.32. The monoisotopic (exact) mass is 378 g/mol. The number of ketones is 1. The van der Waals surface area contributed by atoms with Crippen LogP contribution in [0.25, 0.3) is 0 Å². The number of hydrogen-bond donors (Lipinski definition) is 0. The first kappa shape index (κ1) is 14.7. The molecule has 0 amide bonds. The Hall–Kier alpha value is -0.690. The van der Waals surface area contributed by atoms with Crippen molar-refractivity contribution < 1.29 is 13.2 Å². The van der Waals surface area contributed by atoms with Crippen LogP contribution in [-0.4, -0.2) is 20.0 Å². The number of hydrogen-bond acceptors (Lipinski definition) is 4. The highest BCUT2D eigenvalue weighted by molar-refractivity contribution is 9.10. The van der Waals surface area contributed by atoms with E-state index in [1.54, 1.807) is 18.2 Å². The minimum absolute atomic E-state index is 0.123. The summed E-state index contributed by atoms with van der Waals surface area (Å²) in [7, 11) is -3.64. The van der Waals surface area contributed by atoms with Gasteiger partial charge in [0.05, 0.1) is 14.1 Å². The molecule has 3 nitrogen and oxygen atoms in total. The lowest BCUT2D eigenvalue weighted by atomic mass is 10.3. The van der Waals surface area contributed by atoms with Gasteiger partial charge in [-0.2, -0.15) is 0 Å². The van der Waals surface area contributed by atoms with Crippen molar-refractivity contribution in [1.29, 1.82) is 0 Å². The summed E-state index contributed by atoms with van der Waals surface area (Å²) in [5.41, 5.74) is 0. The maximum atomic E-state index is 12.1. The summed E-state index contributed by atoms with van der Waals surface area (Å²) in [5.74, 6) is -1.00. The van der Waals surface area contributed by atoms with Crippen LogP contribution in [0.1, 0.15) is 9.67 Å². The fourth-order valence-electron chi connectivity index (χ4n) is 1.45. The third kappa shape index (κ3) is 3.66. The van der Waals surface area contributed by atoms with E-state index < -0.39 is 21.4 Å². The summed E-state index contributed by atoms with van der Waals surface area (Å²) in [4.78, 5) is 12.4. The fourth-order valence-corrected chi connectivity index (χ4v) is 4.33. The first-order valence-corrected chi connectivity index (χ1v) is 8.79. The molecular formula is C12H8BrClO3S2. The first-order chi connectivity index (χ1) is 8.88. The molecule has 0 saturated heterocycles. The Bertz CT molecular complexity index is 722. The summed E-state index contributed by atoms with van der Waals surface area (Å²) in [6, 6.07) is 9.39. The van der Waals surface area contributed by atoms with Crippen molar-refractivity contribution >= 4 is 54.5 Å². The van der Waals surface area contributed by atoms with Crippen LogP contribution in [0.15, 0.2) is 45.8 Å². The lowest BCUT2D eigenvalue weighted by molar-refractivity contribution is 0.102. The molecule has 1 heterocycles. The Morgan fingerprint density at radius 3 is 2.58 bits per heavy atom. The van der Waals surface area contributed by atoms with Gasteiger partial charge in [-0.1, -0.05) is 33.6 Å². The van der Waals surface area contributed by atoms with Crippen LogP contribution >= 0.6 is 38.9 Å². The molecule has 7 heteroatoms. The number of carbonyl (C=O) groups is 1. The maximum Gasteiger partial charge on any atom is 0.188 e. The van der Waals surface area contributed by atoms with Crippen molar-refractivity contribution in [3.05, 3.63) is 50.1 Å². The van der Waals surface area contributed by atoms with E-state index in [0.717, 1.165) is 11.3 Å². The van der Waals surface area contributed by atoms with Gasteiger partial charge in [0.2, 0.25) is 0 Å². The molecule has 0 aliphatic carbocycles. The smallest absolute Gasteiger partial charge is 0.188 e. The zero-order chi connectivity index (χ0) is 14.0. The maximum absolute atomic E-state index is 12.1. The van der Waals surface area contributed by atoms with Crippen LogP contribution in [0.2, 0.25) is 4.34 Å². The molecule has 0 aliphatic heterocycles.